The van der Waals surface area contributed by atoms with Crippen LogP contribution in [0, 0.1) is 0 Å². The van der Waals surface area contributed by atoms with E-state index in [0.29, 0.717) is 18.8 Å². The summed E-state index contributed by atoms with van der Waals surface area (Å²) in [5.74, 6) is -0.173. The highest BCUT2D eigenvalue weighted by atomic mass is 19.1. The maximum Gasteiger partial charge on any atom is 0.291 e. The monoisotopic (exact) mass is 409 g/mol. The smallest absolute Gasteiger partial charge is 0.291 e. The first kappa shape index (κ1) is 18.5. The van der Waals surface area contributed by atoms with Crippen molar-refractivity contribution in [3.63, 3.8) is 0 Å². The molecule has 2 amide bonds. The zero-order valence-corrected chi connectivity index (χ0v) is 16.3. The molecule has 1 aromatic carbocycles. The molecule has 2 aliphatic heterocycles. The van der Waals surface area contributed by atoms with Crippen molar-refractivity contribution >= 4 is 17.6 Å². The summed E-state index contributed by atoms with van der Waals surface area (Å²) in [6, 6.07) is 10.1. The minimum atomic E-state index is -1.30. The molecule has 2 aromatic heterocycles. The van der Waals surface area contributed by atoms with Crippen molar-refractivity contribution in [2.75, 3.05) is 11.9 Å². The number of aryl methyl sites for hydroxylation is 1. The van der Waals surface area contributed by atoms with Gasteiger partial charge in [0, 0.05) is 26.1 Å². The minimum absolute atomic E-state index is 0.134. The van der Waals surface area contributed by atoms with Crippen molar-refractivity contribution < 1.29 is 14.0 Å². The second kappa shape index (κ2) is 7.05. The van der Waals surface area contributed by atoms with Crippen molar-refractivity contribution in [3.8, 4) is 0 Å². The number of aromatic nitrogens is 5. The number of carbonyl (C=O) groups is 2. The summed E-state index contributed by atoms with van der Waals surface area (Å²) >= 11 is 0. The Morgan fingerprint density at radius 3 is 2.83 bits per heavy atom. The molecule has 9 nitrogen and oxygen atoms in total. The molecule has 1 N–H and O–H groups in total. The van der Waals surface area contributed by atoms with Crippen LogP contribution < -0.4 is 10.2 Å². The van der Waals surface area contributed by atoms with Gasteiger partial charge >= 0.3 is 0 Å². The molecule has 0 fully saturated rings. The summed E-state index contributed by atoms with van der Waals surface area (Å²) < 4.78 is 17.7. The second-order valence-corrected chi connectivity index (χ2v) is 7.49. The number of nitrogens with zero attached hydrogens (tertiary/aromatic N) is 6. The van der Waals surface area contributed by atoms with Crippen LogP contribution in [0.5, 0.6) is 0 Å². The molecular formula is C20H20FN7O2. The number of carbonyl (C=O) groups excluding carboxylic acids is 2. The average Bonchev–Trinajstić information content (AvgIpc) is 3.45. The third kappa shape index (κ3) is 2.95. The number of alkyl halides is 1. The van der Waals surface area contributed by atoms with Gasteiger partial charge < -0.3 is 5.32 Å². The van der Waals surface area contributed by atoms with E-state index in [1.165, 1.54) is 9.58 Å². The maximum absolute atomic E-state index is 14.5. The van der Waals surface area contributed by atoms with Gasteiger partial charge in [0.05, 0.1) is 12.2 Å². The highest BCUT2D eigenvalue weighted by Gasteiger charge is 2.37. The van der Waals surface area contributed by atoms with Gasteiger partial charge in [-0.2, -0.15) is 5.10 Å². The summed E-state index contributed by atoms with van der Waals surface area (Å²) in [6.07, 6.45) is 0.950. The SMILES string of the molecule is CN1C(=O)[C@@H](NC(=O)c2nc3n(n2)C(c2ccccc2)CC3F)CCn2nccc21. The molecular weight excluding hydrogens is 389 g/mol. The predicted octanol–water partition coefficient (Wildman–Crippen LogP) is 1.64. The lowest BCUT2D eigenvalue weighted by Crippen LogP contribution is -2.47. The second-order valence-electron chi connectivity index (χ2n) is 7.49. The Morgan fingerprint density at radius 2 is 2.03 bits per heavy atom. The zero-order chi connectivity index (χ0) is 20.8. The first-order valence-corrected chi connectivity index (χ1v) is 9.78. The summed E-state index contributed by atoms with van der Waals surface area (Å²) in [4.78, 5) is 31.1. The lowest BCUT2D eigenvalue weighted by atomic mass is 10.0. The number of likely N-dealkylation sites (N-methyl/N-ethyl adjacent to an activating group) is 1. The van der Waals surface area contributed by atoms with E-state index in [4.69, 9.17) is 0 Å². The largest absolute Gasteiger partial charge is 0.337 e. The van der Waals surface area contributed by atoms with E-state index >= 15 is 0 Å². The fraction of sp³-hybridized carbons (Fsp3) is 0.350. The zero-order valence-electron chi connectivity index (χ0n) is 16.3. The molecule has 0 aliphatic carbocycles. The van der Waals surface area contributed by atoms with Gasteiger partial charge in [0.1, 0.15) is 11.9 Å². The third-order valence-electron chi connectivity index (χ3n) is 5.65. The van der Waals surface area contributed by atoms with Crippen molar-refractivity contribution in [2.24, 2.45) is 0 Å². The summed E-state index contributed by atoms with van der Waals surface area (Å²) in [7, 11) is 1.64. The quantitative estimate of drug-likeness (QED) is 0.709. The van der Waals surface area contributed by atoms with Gasteiger partial charge in [-0.15, -0.1) is 5.10 Å². The molecule has 0 radical (unpaired) electrons. The van der Waals surface area contributed by atoms with Gasteiger partial charge in [-0.1, -0.05) is 30.3 Å². The normalized spacial score (nSPS) is 23.1. The van der Waals surface area contributed by atoms with Crippen molar-refractivity contribution in [3.05, 3.63) is 59.8 Å². The number of nitrogens with one attached hydrogen (secondary N) is 1. The Hall–Kier alpha value is -3.56. The number of halogens is 1. The van der Waals surface area contributed by atoms with Crippen molar-refractivity contribution in [1.29, 1.82) is 0 Å². The van der Waals surface area contributed by atoms with Crippen LogP contribution in [-0.2, 0) is 11.3 Å². The summed E-state index contributed by atoms with van der Waals surface area (Å²) in [5.41, 5.74) is 0.908. The molecule has 10 heteroatoms. The number of fused-ring (bicyclic) bond motifs is 2. The number of rotatable bonds is 3. The molecule has 3 aromatic rings. The predicted molar refractivity (Wildman–Crippen MR) is 105 cm³/mol. The molecule has 154 valence electrons. The Bertz CT molecular complexity index is 1110. The number of hydrogen-bond donors (Lipinski definition) is 1. The minimum Gasteiger partial charge on any atom is -0.337 e. The van der Waals surface area contributed by atoms with Gasteiger partial charge in [0.15, 0.2) is 12.0 Å². The molecule has 30 heavy (non-hydrogen) atoms. The maximum atomic E-state index is 14.5. The lowest BCUT2D eigenvalue weighted by molar-refractivity contribution is -0.120. The molecule has 2 aliphatic rings. The Morgan fingerprint density at radius 1 is 1.23 bits per heavy atom. The fourth-order valence-electron chi connectivity index (χ4n) is 4.09. The molecule has 0 saturated carbocycles. The molecule has 4 heterocycles. The lowest BCUT2D eigenvalue weighted by Gasteiger charge is -2.19. The van der Waals surface area contributed by atoms with Gasteiger partial charge in [-0.05, 0) is 12.0 Å². The van der Waals surface area contributed by atoms with Crippen LogP contribution in [0.1, 0.15) is 47.1 Å². The molecule has 2 unspecified atom stereocenters. The number of hydrogen-bond acceptors (Lipinski definition) is 5. The topological polar surface area (TPSA) is 97.9 Å². The van der Waals surface area contributed by atoms with E-state index in [9.17, 15) is 14.0 Å². The Kier molecular flexibility index (Phi) is 4.34. The highest BCUT2D eigenvalue weighted by molar-refractivity contribution is 6.00. The van der Waals surface area contributed by atoms with Crippen LogP contribution in [0.25, 0.3) is 0 Å². The van der Waals surface area contributed by atoms with E-state index in [2.05, 4.69) is 20.5 Å². The van der Waals surface area contributed by atoms with Crippen LogP contribution in [-0.4, -0.2) is 49.4 Å². The highest BCUT2D eigenvalue weighted by Crippen LogP contribution is 2.39. The molecule has 0 saturated heterocycles. The number of amides is 2. The molecule has 3 atom stereocenters. The van der Waals surface area contributed by atoms with E-state index < -0.39 is 18.1 Å². The van der Waals surface area contributed by atoms with Gasteiger partial charge in [-0.3, -0.25) is 14.5 Å². The first-order chi connectivity index (χ1) is 14.5. The summed E-state index contributed by atoms with van der Waals surface area (Å²) in [5, 5.41) is 11.2. The van der Waals surface area contributed by atoms with E-state index in [1.54, 1.807) is 24.0 Å². The van der Waals surface area contributed by atoms with Crippen LogP contribution >= 0.6 is 0 Å². The van der Waals surface area contributed by atoms with Gasteiger partial charge in [0.25, 0.3) is 11.8 Å². The van der Waals surface area contributed by atoms with E-state index in [0.717, 1.165) is 5.56 Å². The first-order valence-electron chi connectivity index (χ1n) is 9.78. The fourth-order valence-corrected chi connectivity index (χ4v) is 4.09. The molecule has 0 bridgehead atoms. The van der Waals surface area contributed by atoms with Crippen LogP contribution in [0.15, 0.2) is 42.6 Å². The number of benzene rings is 1. The summed E-state index contributed by atoms with van der Waals surface area (Å²) in [6.45, 7) is 0.485. The Balaban J connectivity index is 1.36. The van der Waals surface area contributed by atoms with Crippen molar-refractivity contribution in [1.82, 2.24) is 29.9 Å². The van der Waals surface area contributed by atoms with Gasteiger partial charge in [0.2, 0.25) is 5.82 Å². The van der Waals surface area contributed by atoms with Crippen LogP contribution in [0.2, 0.25) is 0 Å². The number of anilines is 1. The van der Waals surface area contributed by atoms with Crippen LogP contribution in [0.4, 0.5) is 10.2 Å². The van der Waals surface area contributed by atoms with Crippen LogP contribution in [0.3, 0.4) is 0 Å². The standard InChI is InChI=1S/C20H20FN7O2/c1-26-16-7-9-22-27(16)10-8-14(20(26)30)23-19(29)17-24-18-13(21)11-15(28(18)25-17)12-5-3-2-4-6-12/h2-7,9,13-15H,8,10-11H2,1H3,(H,23,29)/t13?,14-,15?/m0/s1. The third-order valence-corrected chi connectivity index (χ3v) is 5.65. The van der Waals surface area contributed by atoms with Crippen molar-refractivity contribution in [2.45, 2.75) is 37.6 Å². The van der Waals surface area contributed by atoms with E-state index in [-0.39, 0.29) is 30.0 Å². The molecule has 0 spiro atoms. The van der Waals surface area contributed by atoms with Gasteiger partial charge in [-0.25, -0.2) is 18.7 Å². The average molecular weight is 409 g/mol. The Labute approximate surface area is 171 Å². The molecule has 5 rings (SSSR count). The van der Waals surface area contributed by atoms with E-state index in [1.807, 2.05) is 30.3 Å².